The van der Waals surface area contributed by atoms with Crippen LogP contribution in [0.15, 0.2) is 33.7 Å². The Bertz CT molecular complexity index is 554. The summed E-state index contributed by atoms with van der Waals surface area (Å²) in [5, 5.41) is 3.50. The molecular formula is C19H33BrIN5. The zero-order chi connectivity index (χ0) is 18.1. The summed E-state index contributed by atoms with van der Waals surface area (Å²) in [5.74, 6) is 0.950. The molecule has 1 aromatic carbocycles. The minimum Gasteiger partial charge on any atom is -0.356 e. The Morgan fingerprint density at radius 1 is 1.23 bits per heavy atom. The smallest absolute Gasteiger partial charge is 0.193 e. The van der Waals surface area contributed by atoms with Gasteiger partial charge >= 0.3 is 0 Å². The van der Waals surface area contributed by atoms with Gasteiger partial charge in [0.2, 0.25) is 0 Å². The lowest BCUT2D eigenvalue weighted by Crippen LogP contribution is -2.40. The van der Waals surface area contributed by atoms with Crippen LogP contribution < -0.4 is 5.32 Å². The first-order valence-corrected chi connectivity index (χ1v) is 9.95. The Labute approximate surface area is 184 Å². The minimum absolute atomic E-state index is 0. The molecule has 1 N–H and O–H groups in total. The summed E-state index contributed by atoms with van der Waals surface area (Å²) in [6.07, 6.45) is 2.42. The average molecular weight is 538 g/mol. The Morgan fingerprint density at radius 2 is 2.00 bits per heavy atom. The maximum Gasteiger partial charge on any atom is 0.193 e. The molecule has 0 radical (unpaired) electrons. The van der Waals surface area contributed by atoms with Crippen LogP contribution in [0.1, 0.15) is 18.4 Å². The van der Waals surface area contributed by atoms with E-state index in [4.69, 9.17) is 0 Å². The Hall–Kier alpha value is -0.380. The number of nitrogens with zero attached hydrogens (tertiary/aromatic N) is 4. The summed E-state index contributed by atoms with van der Waals surface area (Å²) in [4.78, 5) is 11.6. The molecule has 0 aliphatic carbocycles. The van der Waals surface area contributed by atoms with E-state index in [0.29, 0.717) is 0 Å². The number of nitrogens with one attached hydrogen (secondary N) is 1. The van der Waals surface area contributed by atoms with Crippen LogP contribution in [-0.2, 0) is 6.54 Å². The first kappa shape index (κ1) is 23.7. The van der Waals surface area contributed by atoms with E-state index in [-0.39, 0.29) is 24.0 Å². The number of guanidine groups is 1. The fourth-order valence-electron chi connectivity index (χ4n) is 3.17. The van der Waals surface area contributed by atoms with Crippen molar-refractivity contribution in [3.63, 3.8) is 0 Å². The zero-order valence-corrected chi connectivity index (χ0v) is 20.2. The highest BCUT2D eigenvalue weighted by atomic mass is 127. The van der Waals surface area contributed by atoms with Gasteiger partial charge in [-0.1, -0.05) is 34.1 Å². The third kappa shape index (κ3) is 8.10. The van der Waals surface area contributed by atoms with E-state index in [1.807, 2.05) is 13.1 Å². The van der Waals surface area contributed by atoms with Gasteiger partial charge in [0.1, 0.15) is 0 Å². The maximum absolute atomic E-state index is 4.42. The van der Waals surface area contributed by atoms with Crippen molar-refractivity contribution in [2.24, 2.45) is 4.99 Å². The SMILES string of the molecule is CN=C(NCCCN1CCCN(C)CC1)N(C)Cc1ccccc1Br.I. The number of hydrogen-bond donors (Lipinski definition) is 1. The topological polar surface area (TPSA) is 34.1 Å². The summed E-state index contributed by atoms with van der Waals surface area (Å²) in [7, 11) is 6.15. The number of aliphatic imine (C=N–C) groups is 1. The first-order chi connectivity index (χ1) is 12.1. The molecule has 0 atom stereocenters. The molecule has 0 aromatic heterocycles. The number of halogens is 2. The molecule has 1 saturated heterocycles. The normalized spacial score (nSPS) is 16.7. The second-order valence-corrected chi connectivity index (χ2v) is 7.63. The second kappa shape index (κ2) is 12.9. The molecule has 26 heavy (non-hydrogen) atoms. The molecule has 0 bridgehead atoms. The van der Waals surface area contributed by atoms with E-state index >= 15 is 0 Å². The lowest BCUT2D eigenvalue weighted by Gasteiger charge is -2.24. The highest BCUT2D eigenvalue weighted by Crippen LogP contribution is 2.17. The largest absolute Gasteiger partial charge is 0.356 e. The quantitative estimate of drug-likeness (QED) is 0.262. The summed E-state index contributed by atoms with van der Waals surface area (Å²) < 4.78 is 1.14. The van der Waals surface area contributed by atoms with Gasteiger partial charge in [0.05, 0.1) is 0 Å². The number of likely N-dealkylation sites (N-methyl/N-ethyl adjacent to an activating group) is 1. The summed E-state index contributed by atoms with van der Waals surface area (Å²) >= 11 is 3.62. The van der Waals surface area contributed by atoms with Crippen molar-refractivity contribution in [1.29, 1.82) is 0 Å². The van der Waals surface area contributed by atoms with Gasteiger partial charge in [0.25, 0.3) is 0 Å². The van der Waals surface area contributed by atoms with Gasteiger partial charge in [-0.05, 0) is 51.2 Å². The second-order valence-electron chi connectivity index (χ2n) is 6.77. The number of hydrogen-bond acceptors (Lipinski definition) is 3. The summed E-state index contributed by atoms with van der Waals surface area (Å²) in [6.45, 7) is 7.77. The van der Waals surface area contributed by atoms with Gasteiger partial charge in [0.15, 0.2) is 5.96 Å². The maximum atomic E-state index is 4.42. The molecule has 1 fully saturated rings. The average Bonchev–Trinajstić information content (AvgIpc) is 2.81. The molecule has 148 valence electrons. The molecule has 5 nitrogen and oxygen atoms in total. The van der Waals surface area contributed by atoms with Crippen LogP contribution in [0.4, 0.5) is 0 Å². The van der Waals surface area contributed by atoms with Crippen molar-refractivity contribution in [2.75, 3.05) is 60.4 Å². The molecule has 0 unspecified atom stereocenters. The van der Waals surface area contributed by atoms with Gasteiger partial charge in [-0.2, -0.15) is 0 Å². The minimum atomic E-state index is 0. The van der Waals surface area contributed by atoms with Crippen molar-refractivity contribution in [3.8, 4) is 0 Å². The lowest BCUT2D eigenvalue weighted by molar-refractivity contribution is 0.273. The molecule has 1 aromatic rings. The van der Waals surface area contributed by atoms with Crippen LogP contribution in [0.2, 0.25) is 0 Å². The summed E-state index contributed by atoms with van der Waals surface area (Å²) in [6, 6.07) is 8.34. The van der Waals surface area contributed by atoms with Gasteiger partial charge in [-0.25, -0.2) is 0 Å². The molecule has 0 amide bonds. The Morgan fingerprint density at radius 3 is 2.73 bits per heavy atom. The zero-order valence-electron chi connectivity index (χ0n) is 16.2. The molecule has 1 heterocycles. The van der Waals surface area contributed by atoms with E-state index in [1.165, 1.54) is 38.2 Å². The fourth-order valence-corrected chi connectivity index (χ4v) is 3.58. The first-order valence-electron chi connectivity index (χ1n) is 9.16. The van der Waals surface area contributed by atoms with Gasteiger partial charge in [0, 0.05) is 44.7 Å². The number of benzene rings is 1. The molecule has 1 aliphatic rings. The van der Waals surface area contributed by atoms with Crippen LogP contribution in [0.5, 0.6) is 0 Å². The van der Waals surface area contributed by atoms with Crippen molar-refractivity contribution < 1.29 is 0 Å². The van der Waals surface area contributed by atoms with Crippen LogP contribution >= 0.6 is 39.9 Å². The fraction of sp³-hybridized carbons (Fsp3) is 0.632. The molecule has 0 saturated carbocycles. The third-order valence-corrected chi connectivity index (χ3v) is 5.46. The predicted molar refractivity (Wildman–Crippen MR) is 126 cm³/mol. The molecule has 1 aliphatic heterocycles. The third-order valence-electron chi connectivity index (χ3n) is 4.69. The van der Waals surface area contributed by atoms with Gasteiger partial charge in [-0.3, -0.25) is 4.99 Å². The molecule has 2 rings (SSSR count). The van der Waals surface area contributed by atoms with E-state index in [0.717, 1.165) is 36.5 Å². The van der Waals surface area contributed by atoms with Crippen LogP contribution in [0, 0.1) is 0 Å². The van der Waals surface area contributed by atoms with E-state index in [9.17, 15) is 0 Å². The van der Waals surface area contributed by atoms with Crippen molar-refractivity contribution in [2.45, 2.75) is 19.4 Å². The van der Waals surface area contributed by atoms with Crippen LogP contribution in [0.3, 0.4) is 0 Å². The summed E-state index contributed by atoms with van der Waals surface area (Å²) in [5.41, 5.74) is 1.27. The van der Waals surface area contributed by atoms with Crippen LogP contribution in [0.25, 0.3) is 0 Å². The predicted octanol–water partition coefficient (Wildman–Crippen LogP) is 3.10. The van der Waals surface area contributed by atoms with Crippen molar-refractivity contribution in [3.05, 3.63) is 34.3 Å². The van der Waals surface area contributed by atoms with Crippen LogP contribution in [-0.4, -0.2) is 81.1 Å². The van der Waals surface area contributed by atoms with Crippen molar-refractivity contribution >= 4 is 45.9 Å². The lowest BCUT2D eigenvalue weighted by atomic mass is 10.2. The molecule has 0 spiro atoms. The van der Waals surface area contributed by atoms with E-state index in [1.54, 1.807) is 0 Å². The van der Waals surface area contributed by atoms with E-state index in [2.05, 4.69) is 73.2 Å². The molecular weight excluding hydrogens is 505 g/mol. The monoisotopic (exact) mass is 537 g/mol. The standard InChI is InChI=1S/C19H32BrN5.HI/c1-21-19(24(3)16-17-8-4-5-9-18(17)20)22-10-6-12-25-13-7-11-23(2)14-15-25;/h4-5,8-9H,6-7,10-16H2,1-3H3,(H,21,22);1H. The Balaban J connectivity index is 0.00000338. The van der Waals surface area contributed by atoms with Gasteiger partial charge in [-0.15, -0.1) is 24.0 Å². The van der Waals surface area contributed by atoms with Gasteiger partial charge < -0.3 is 20.0 Å². The molecule has 7 heteroatoms. The number of rotatable bonds is 6. The van der Waals surface area contributed by atoms with Crippen molar-refractivity contribution in [1.82, 2.24) is 20.0 Å². The highest BCUT2D eigenvalue weighted by molar-refractivity contribution is 14.0. The highest BCUT2D eigenvalue weighted by Gasteiger charge is 2.12. The Kier molecular flexibility index (Phi) is 11.7. The van der Waals surface area contributed by atoms with E-state index < -0.39 is 0 Å².